The van der Waals surface area contributed by atoms with Gasteiger partial charge in [-0.05, 0) is 118 Å². The Morgan fingerprint density at radius 3 is 2.14 bits per heavy atom. The van der Waals surface area contributed by atoms with E-state index in [4.69, 9.17) is 11.6 Å². The lowest BCUT2D eigenvalue weighted by Gasteiger charge is -2.42. The number of alkyl halides is 3. The summed E-state index contributed by atoms with van der Waals surface area (Å²) in [6, 6.07) is 22.5. The second-order valence-electron chi connectivity index (χ2n) is 19.9. The average Bonchev–Trinajstić information content (AvgIpc) is 3.30. The predicted molar refractivity (Wildman–Crippen MR) is 270 cm³/mol. The summed E-state index contributed by atoms with van der Waals surface area (Å²) in [5, 5.41) is 3.75. The fraction of sp³-hybridized carbons (Fsp3) is 0.480. The number of hydrogen-bond acceptors (Lipinski definition) is 12. The Hall–Kier alpha value is -4.17. The molecule has 0 saturated carbocycles. The van der Waals surface area contributed by atoms with Crippen LogP contribution in [0, 0.1) is 5.41 Å². The van der Waals surface area contributed by atoms with Gasteiger partial charge in [-0.15, -0.1) is 11.8 Å². The molecule has 69 heavy (non-hydrogen) atoms. The van der Waals surface area contributed by atoms with Crippen LogP contribution in [0.4, 0.5) is 24.7 Å². The number of anilines is 2. The number of hydrogen-bond donors (Lipinski definition) is 2. The zero-order chi connectivity index (χ0) is 49.8. The van der Waals surface area contributed by atoms with E-state index in [9.17, 15) is 34.8 Å². The van der Waals surface area contributed by atoms with Crippen LogP contribution in [0.25, 0.3) is 5.57 Å². The number of thioether (sulfide) groups is 1. The third-order valence-electron chi connectivity index (χ3n) is 13.2. The Bertz CT molecular complexity index is 2670. The molecule has 19 heteroatoms. The van der Waals surface area contributed by atoms with E-state index in [0.717, 1.165) is 82.1 Å². The molecule has 3 heterocycles. The molecule has 0 radical (unpaired) electrons. The Labute approximate surface area is 415 Å². The molecule has 0 bridgehead atoms. The first-order valence-electron chi connectivity index (χ1n) is 23.3. The van der Waals surface area contributed by atoms with Crippen molar-refractivity contribution in [2.45, 2.75) is 92.1 Å². The summed E-state index contributed by atoms with van der Waals surface area (Å²) in [6.45, 7) is 18.8. The molecule has 0 spiro atoms. The van der Waals surface area contributed by atoms with Crippen LogP contribution in [0.15, 0.2) is 111 Å². The van der Waals surface area contributed by atoms with Crippen LogP contribution in [0.1, 0.15) is 76.2 Å². The van der Waals surface area contributed by atoms with Gasteiger partial charge in [0.25, 0.3) is 25.8 Å². The van der Waals surface area contributed by atoms with Gasteiger partial charge < -0.3 is 15.1 Å². The molecule has 1 atom stereocenters. The topological polar surface area (TPSA) is 135 Å². The number of halogens is 4. The van der Waals surface area contributed by atoms with Crippen molar-refractivity contribution in [2.75, 3.05) is 81.4 Å². The zero-order valence-corrected chi connectivity index (χ0v) is 43.1. The number of piperazine rings is 2. The maximum Gasteiger partial charge on any atom is 0.501 e. The van der Waals surface area contributed by atoms with Crippen molar-refractivity contribution >= 4 is 66.2 Å². The number of carbonyl (C=O) groups is 1. The summed E-state index contributed by atoms with van der Waals surface area (Å²) in [5.41, 5.74) is -2.00. The Morgan fingerprint density at radius 2 is 1.52 bits per heavy atom. The molecule has 1 aliphatic carbocycles. The van der Waals surface area contributed by atoms with E-state index >= 15 is 0 Å². The number of nitrogens with one attached hydrogen (secondary N) is 2. The number of sulfonamides is 1. The van der Waals surface area contributed by atoms with Crippen molar-refractivity contribution in [1.29, 1.82) is 0 Å². The van der Waals surface area contributed by atoms with Gasteiger partial charge in [0.05, 0.1) is 16.1 Å². The van der Waals surface area contributed by atoms with Gasteiger partial charge >= 0.3 is 5.51 Å². The summed E-state index contributed by atoms with van der Waals surface area (Å²) >= 11 is 7.66. The molecule has 7 rings (SSSR count). The first-order valence-corrected chi connectivity index (χ1v) is 27.6. The highest BCUT2D eigenvalue weighted by Gasteiger charge is 2.48. The highest BCUT2D eigenvalue weighted by atomic mass is 35.5. The van der Waals surface area contributed by atoms with E-state index in [-0.39, 0.29) is 16.5 Å². The molecule has 3 aromatic carbocycles. The van der Waals surface area contributed by atoms with Crippen molar-refractivity contribution < 1.29 is 34.8 Å². The van der Waals surface area contributed by atoms with E-state index in [1.807, 2.05) is 47.2 Å². The molecule has 1 unspecified atom stereocenters. The third kappa shape index (κ3) is 13.6. The summed E-state index contributed by atoms with van der Waals surface area (Å²) in [6.07, 6.45) is 4.83. The fourth-order valence-electron chi connectivity index (χ4n) is 9.16. The highest BCUT2D eigenvalue weighted by molar-refractivity contribution is 7.99. The van der Waals surface area contributed by atoms with Crippen molar-refractivity contribution in [1.82, 2.24) is 24.4 Å². The lowest BCUT2D eigenvalue weighted by molar-refractivity contribution is -0.0435. The van der Waals surface area contributed by atoms with Crippen LogP contribution in [0.5, 0.6) is 0 Å². The first kappa shape index (κ1) is 52.6. The van der Waals surface area contributed by atoms with Gasteiger partial charge in [0.15, 0.2) is 0 Å². The standard InChI is InChI=1S/C50H63ClF3N7O5S3/c1-48(2,3)61-29-25-58(26-30-61)22-20-40(35-67-41-9-7-6-8-10-41)56-44-17-16-42(31-45(44)68(63,64)50(52,53)54)69(65,66)57-47(62)37-13-18-46(55-33-37)60-27-23-59(24-28-60)34-38-32-49(4,5)21-19-43(38)36-11-14-39(51)15-12-36/h6-18,31,33,40,56H,19-30,32,34-35H2,1-5H3,(H,57,62). The zero-order valence-electron chi connectivity index (χ0n) is 39.9. The number of allylic oxidation sites excluding steroid dienone is 1. The fourth-order valence-corrected chi connectivity index (χ4v) is 12.3. The molecule has 1 amide bonds. The molecule has 2 saturated heterocycles. The molecule has 2 fully saturated rings. The molecule has 374 valence electrons. The van der Waals surface area contributed by atoms with E-state index in [1.165, 1.54) is 40.7 Å². The molecule has 4 aromatic rings. The third-order valence-corrected chi connectivity index (χ3v) is 17.5. The predicted octanol–water partition coefficient (Wildman–Crippen LogP) is 9.31. The van der Waals surface area contributed by atoms with Crippen LogP contribution in [0.3, 0.4) is 0 Å². The molecule has 2 aliphatic heterocycles. The minimum absolute atomic E-state index is 0.0161. The lowest BCUT2D eigenvalue weighted by Crippen LogP contribution is -2.53. The number of aromatic nitrogens is 1. The molecule has 12 nitrogen and oxygen atoms in total. The van der Waals surface area contributed by atoms with Crippen molar-refractivity contribution in [3.8, 4) is 0 Å². The second-order valence-corrected chi connectivity index (χ2v) is 25.0. The van der Waals surface area contributed by atoms with E-state index < -0.39 is 52.8 Å². The normalized spacial score (nSPS) is 18.5. The van der Waals surface area contributed by atoms with Crippen molar-refractivity contribution in [2.24, 2.45) is 5.41 Å². The van der Waals surface area contributed by atoms with Crippen LogP contribution >= 0.6 is 23.4 Å². The number of nitrogens with zero attached hydrogens (tertiary/aromatic N) is 5. The SMILES string of the molecule is CC1(C)CCC(c2ccc(Cl)cc2)=C(CN2CCN(c3ccc(C(=O)NS(=O)(=O)c4ccc(NC(CCN5CCN(C(C)(C)C)CC5)CSc5ccccc5)c(S(=O)(=O)C(F)(F)F)c4)cn3)CC2)C1. The Morgan fingerprint density at radius 1 is 0.855 bits per heavy atom. The van der Waals surface area contributed by atoms with Gasteiger partial charge in [0, 0.05) is 98.9 Å². The lowest BCUT2D eigenvalue weighted by atomic mass is 9.73. The van der Waals surface area contributed by atoms with Gasteiger partial charge in [-0.1, -0.05) is 61.4 Å². The Kier molecular flexibility index (Phi) is 16.5. The first-order chi connectivity index (χ1) is 32.5. The number of carbonyl (C=O) groups excluding carboxylic acids is 1. The maximum atomic E-state index is 14.3. The Balaban J connectivity index is 1.02. The number of pyridine rings is 1. The maximum absolute atomic E-state index is 14.3. The second kappa shape index (κ2) is 21.7. The van der Waals surface area contributed by atoms with E-state index in [0.29, 0.717) is 48.7 Å². The smallest absolute Gasteiger partial charge is 0.380 e. The monoisotopic (exact) mass is 1030 g/mol. The van der Waals surface area contributed by atoms with Crippen molar-refractivity contribution in [3.05, 3.63) is 113 Å². The molecular formula is C50H63ClF3N7O5S3. The van der Waals surface area contributed by atoms with E-state index in [2.05, 4.69) is 76.7 Å². The van der Waals surface area contributed by atoms with Gasteiger partial charge in [-0.25, -0.2) is 26.5 Å². The molecular weight excluding hydrogens is 967 g/mol. The van der Waals surface area contributed by atoms with Crippen molar-refractivity contribution in [3.63, 3.8) is 0 Å². The van der Waals surface area contributed by atoms with Crippen LogP contribution < -0.4 is 14.9 Å². The molecule has 1 aromatic heterocycles. The van der Waals surface area contributed by atoms with Crippen LogP contribution in [-0.2, 0) is 19.9 Å². The summed E-state index contributed by atoms with van der Waals surface area (Å²) < 4.78 is 98.4. The number of benzene rings is 3. The minimum Gasteiger partial charge on any atom is -0.380 e. The summed E-state index contributed by atoms with van der Waals surface area (Å²) in [4.78, 5) is 25.9. The largest absolute Gasteiger partial charge is 0.501 e. The van der Waals surface area contributed by atoms with Gasteiger partial charge in [0.2, 0.25) is 0 Å². The van der Waals surface area contributed by atoms with Crippen LogP contribution in [0.2, 0.25) is 5.02 Å². The number of amides is 1. The van der Waals surface area contributed by atoms with Crippen LogP contribution in [-0.4, -0.2) is 131 Å². The average molecular weight is 1030 g/mol. The molecule has 3 aliphatic rings. The quantitative estimate of drug-likeness (QED) is 0.104. The number of rotatable bonds is 16. The molecule has 2 N–H and O–H groups in total. The number of sulfone groups is 1. The van der Waals surface area contributed by atoms with Gasteiger partial charge in [-0.3, -0.25) is 14.6 Å². The highest BCUT2D eigenvalue weighted by Crippen LogP contribution is 2.43. The summed E-state index contributed by atoms with van der Waals surface area (Å²) in [7, 11) is -10.9. The van der Waals surface area contributed by atoms with Gasteiger partial charge in [0.1, 0.15) is 10.7 Å². The minimum atomic E-state index is -6.07. The van der Waals surface area contributed by atoms with E-state index in [1.54, 1.807) is 6.07 Å². The van der Waals surface area contributed by atoms with Gasteiger partial charge in [-0.2, -0.15) is 13.2 Å². The summed E-state index contributed by atoms with van der Waals surface area (Å²) in [5.74, 6) is -0.106.